The van der Waals surface area contributed by atoms with E-state index in [1.165, 1.54) is 4.90 Å². The number of likely N-dealkylation sites (tertiary alicyclic amines) is 1. The first-order valence-electron chi connectivity index (χ1n) is 10.6. The molecule has 0 radical (unpaired) electrons. The first kappa shape index (κ1) is 20.8. The molecule has 4 rings (SSSR count). The zero-order chi connectivity index (χ0) is 21.8. The van der Waals surface area contributed by atoms with E-state index < -0.39 is 0 Å². The Balaban J connectivity index is 1.27. The van der Waals surface area contributed by atoms with Crippen molar-refractivity contribution in [1.29, 1.82) is 0 Å². The summed E-state index contributed by atoms with van der Waals surface area (Å²) in [4.78, 5) is 52.2. The Labute approximate surface area is 181 Å². The van der Waals surface area contributed by atoms with E-state index in [4.69, 9.17) is 0 Å². The summed E-state index contributed by atoms with van der Waals surface area (Å²) in [6.07, 6.45) is 3.16. The predicted octanol–water partition coefficient (Wildman–Crippen LogP) is 3.21. The van der Waals surface area contributed by atoms with E-state index in [0.717, 1.165) is 24.9 Å². The molecule has 0 bridgehead atoms. The van der Waals surface area contributed by atoms with E-state index in [-0.39, 0.29) is 36.6 Å². The number of nitrogens with zero attached hydrogens (tertiary/aromatic N) is 2. The fraction of sp³-hybridized carbons (Fsp3) is 0.333. The van der Waals surface area contributed by atoms with Crippen LogP contribution in [0.4, 0.5) is 5.69 Å². The number of hydrogen-bond acceptors (Lipinski definition) is 4. The van der Waals surface area contributed by atoms with Crippen molar-refractivity contribution in [2.24, 2.45) is 0 Å². The molecule has 1 saturated heterocycles. The number of carbonyl (C=O) groups is 4. The number of imide groups is 1. The van der Waals surface area contributed by atoms with Crippen LogP contribution >= 0.6 is 0 Å². The molecule has 0 unspecified atom stereocenters. The van der Waals surface area contributed by atoms with Gasteiger partial charge in [0.1, 0.15) is 0 Å². The van der Waals surface area contributed by atoms with Crippen LogP contribution in [0, 0.1) is 0 Å². The van der Waals surface area contributed by atoms with Crippen molar-refractivity contribution in [1.82, 2.24) is 9.80 Å². The highest BCUT2D eigenvalue weighted by molar-refractivity contribution is 6.21. The van der Waals surface area contributed by atoms with Crippen molar-refractivity contribution in [2.75, 3.05) is 18.4 Å². The molecule has 0 saturated carbocycles. The number of carbonyl (C=O) groups excluding carboxylic acids is 4. The van der Waals surface area contributed by atoms with Gasteiger partial charge in [0.2, 0.25) is 11.8 Å². The summed E-state index contributed by atoms with van der Waals surface area (Å²) in [6.45, 7) is 1.52. The summed E-state index contributed by atoms with van der Waals surface area (Å²) in [5.41, 5.74) is 2.48. The molecule has 2 aliphatic heterocycles. The molecule has 7 heteroatoms. The minimum absolute atomic E-state index is 0.175. The van der Waals surface area contributed by atoms with Gasteiger partial charge >= 0.3 is 0 Å². The molecule has 31 heavy (non-hydrogen) atoms. The molecule has 4 amide bonds. The van der Waals surface area contributed by atoms with E-state index in [2.05, 4.69) is 5.32 Å². The molecule has 0 aliphatic carbocycles. The first-order chi connectivity index (χ1) is 15.0. The smallest absolute Gasteiger partial charge is 0.261 e. The van der Waals surface area contributed by atoms with Crippen LogP contribution in [-0.4, -0.2) is 46.5 Å². The molecule has 2 heterocycles. The third-order valence-corrected chi connectivity index (χ3v) is 5.67. The molecule has 2 aromatic rings. The van der Waals surface area contributed by atoms with Crippen LogP contribution in [0.25, 0.3) is 0 Å². The summed E-state index contributed by atoms with van der Waals surface area (Å²) in [7, 11) is 0. The van der Waals surface area contributed by atoms with E-state index in [0.29, 0.717) is 36.2 Å². The highest BCUT2D eigenvalue weighted by Gasteiger charge is 2.34. The second kappa shape index (κ2) is 9.12. The number of fused-ring (bicyclic) bond motifs is 1. The van der Waals surface area contributed by atoms with Gasteiger partial charge in [-0.05, 0) is 49.1 Å². The molecule has 2 aliphatic rings. The van der Waals surface area contributed by atoms with Crippen LogP contribution in [0.5, 0.6) is 0 Å². The minimum Gasteiger partial charge on any atom is -0.338 e. The van der Waals surface area contributed by atoms with Crippen molar-refractivity contribution in [2.45, 2.75) is 38.6 Å². The van der Waals surface area contributed by atoms with Crippen molar-refractivity contribution in [3.8, 4) is 0 Å². The minimum atomic E-state index is -0.305. The molecule has 2 aromatic carbocycles. The van der Waals surface area contributed by atoms with Crippen LogP contribution in [0.15, 0.2) is 48.5 Å². The number of amides is 4. The van der Waals surface area contributed by atoms with Gasteiger partial charge in [-0.25, -0.2) is 0 Å². The molecule has 7 nitrogen and oxygen atoms in total. The van der Waals surface area contributed by atoms with Crippen LogP contribution in [0.3, 0.4) is 0 Å². The third-order valence-electron chi connectivity index (χ3n) is 5.67. The second-order valence-electron chi connectivity index (χ2n) is 7.93. The zero-order valence-corrected chi connectivity index (χ0v) is 17.3. The Morgan fingerprint density at radius 2 is 1.68 bits per heavy atom. The summed E-state index contributed by atoms with van der Waals surface area (Å²) in [6, 6.07) is 14.2. The Morgan fingerprint density at radius 3 is 2.39 bits per heavy atom. The Bertz CT molecular complexity index is 998. The summed E-state index contributed by atoms with van der Waals surface area (Å²) < 4.78 is 0. The lowest BCUT2D eigenvalue weighted by Gasteiger charge is -2.26. The Hall–Kier alpha value is -3.48. The predicted molar refractivity (Wildman–Crippen MR) is 115 cm³/mol. The maximum absolute atomic E-state index is 12.4. The third kappa shape index (κ3) is 4.66. The standard InChI is InChI=1S/C24H25N3O4/c28-21(11-6-14-27-23(30)19-9-1-2-10-20(19)24(27)31)25-18-8-5-7-17(15-18)16-26-13-4-3-12-22(26)29/h1-2,5,7-10,15H,3-4,6,11-14,16H2,(H,25,28). The average molecular weight is 419 g/mol. The molecule has 0 atom stereocenters. The van der Waals surface area contributed by atoms with Gasteiger partial charge in [0, 0.05) is 38.2 Å². The molecular weight excluding hydrogens is 394 g/mol. The van der Waals surface area contributed by atoms with Crippen molar-refractivity contribution in [3.05, 3.63) is 65.2 Å². The summed E-state index contributed by atoms with van der Waals surface area (Å²) in [5, 5.41) is 2.86. The zero-order valence-electron chi connectivity index (χ0n) is 17.3. The second-order valence-corrected chi connectivity index (χ2v) is 7.93. The monoisotopic (exact) mass is 419 g/mol. The summed E-state index contributed by atoms with van der Waals surface area (Å²) >= 11 is 0. The number of hydrogen-bond donors (Lipinski definition) is 1. The van der Waals surface area contributed by atoms with Gasteiger partial charge in [-0.15, -0.1) is 0 Å². The molecule has 160 valence electrons. The topological polar surface area (TPSA) is 86.8 Å². The lowest BCUT2D eigenvalue weighted by Crippen LogP contribution is -2.34. The molecule has 0 spiro atoms. The van der Waals surface area contributed by atoms with Gasteiger partial charge in [-0.3, -0.25) is 24.1 Å². The van der Waals surface area contributed by atoms with Crippen molar-refractivity contribution < 1.29 is 19.2 Å². The van der Waals surface area contributed by atoms with E-state index >= 15 is 0 Å². The molecular formula is C24H25N3O4. The number of anilines is 1. The lowest BCUT2D eigenvalue weighted by atomic mass is 10.1. The molecule has 0 aromatic heterocycles. The van der Waals surface area contributed by atoms with Gasteiger partial charge in [0.05, 0.1) is 11.1 Å². The highest BCUT2D eigenvalue weighted by Crippen LogP contribution is 2.23. The Kier molecular flexibility index (Phi) is 6.11. The quantitative estimate of drug-likeness (QED) is 0.698. The fourth-order valence-corrected chi connectivity index (χ4v) is 4.06. The maximum atomic E-state index is 12.4. The number of nitrogens with one attached hydrogen (secondary N) is 1. The average Bonchev–Trinajstić information content (AvgIpc) is 3.01. The largest absolute Gasteiger partial charge is 0.338 e. The van der Waals surface area contributed by atoms with Gasteiger partial charge in [-0.1, -0.05) is 24.3 Å². The van der Waals surface area contributed by atoms with Crippen molar-refractivity contribution >= 4 is 29.3 Å². The summed E-state index contributed by atoms with van der Waals surface area (Å²) in [5.74, 6) is -0.612. The first-order valence-corrected chi connectivity index (χ1v) is 10.6. The van der Waals surface area contributed by atoms with Crippen LogP contribution in [0.2, 0.25) is 0 Å². The van der Waals surface area contributed by atoms with Crippen molar-refractivity contribution in [3.63, 3.8) is 0 Å². The van der Waals surface area contributed by atoms with E-state index in [9.17, 15) is 19.2 Å². The van der Waals surface area contributed by atoms with Crippen LogP contribution in [0.1, 0.15) is 58.4 Å². The maximum Gasteiger partial charge on any atom is 0.261 e. The SMILES string of the molecule is O=C(CCCN1C(=O)c2ccccc2C1=O)Nc1cccc(CN2CCCCC2=O)c1. The van der Waals surface area contributed by atoms with E-state index in [1.807, 2.05) is 29.2 Å². The van der Waals surface area contributed by atoms with E-state index in [1.54, 1.807) is 24.3 Å². The lowest BCUT2D eigenvalue weighted by molar-refractivity contribution is -0.133. The molecule has 1 fully saturated rings. The van der Waals surface area contributed by atoms with Gasteiger partial charge < -0.3 is 10.2 Å². The molecule has 1 N–H and O–H groups in total. The van der Waals surface area contributed by atoms with Crippen LogP contribution < -0.4 is 5.32 Å². The van der Waals surface area contributed by atoms with Gasteiger partial charge in [0.25, 0.3) is 11.8 Å². The fourth-order valence-electron chi connectivity index (χ4n) is 4.06. The number of piperidine rings is 1. The Morgan fingerprint density at radius 1 is 0.935 bits per heavy atom. The van der Waals surface area contributed by atoms with Gasteiger partial charge in [-0.2, -0.15) is 0 Å². The van der Waals surface area contributed by atoms with Gasteiger partial charge in [0.15, 0.2) is 0 Å². The number of benzene rings is 2. The number of rotatable bonds is 7. The highest BCUT2D eigenvalue weighted by atomic mass is 16.2. The normalized spacial score (nSPS) is 15.9. The van der Waals surface area contributed by atoms with Crippen LogP contribution in [-0.2, 0) is 16.1 Å².